The summed E-state index contributed by atoms with van der Waals surface area (Å²) in [6.45, 7) is 1.44. The molecule has 1 aliphatic rings. The summed E-state index contributed by atoms with van der Waals surface area (Å²) in [6, 6.07) is 14.4. The monoisotopic (exact) mass is 350 g/mol. The third-order valence-corrected chi connectivity index (χ3v) is 4.69. The molecule has 0 spiro atoms. The van der Waals surface area contributed by atoms with Crippen LogP contribution in [0.1, 0.15) is 11.1 Å². The molecule has 4 rings (SSSR count). The Morgan fingerprint density at radius 2 is 1.92 bits per heavy atom. The first-order valence-electron chi connectivity index (χ1n) is 8.52. The number of benzene rings is 2. The largest absolute Gasteiger partial charge is 0.497 e. The molecule has 0 fully saturated rings. The van der Waals surface area contributed by atoms with Crippen LogP contribution in [0.2, 0.25) is 0 Å². The molecule has 1 aromatic heterocycles. The average molecular weight is 350 g/mol. The van der Waals surface area contributed by atoms with E-state index >= 15 is 0 Å². The number of aromatic hydroxyl groups is 1. The van der Waals surface area contributed by atoms with E-state index < -0.39 is 0 Å². The van der Waals surface area contributed by atoms with Gasteiger partial charge in [0.2, 0.25) is 11.8 Å². The van der Waals surface area contributed by atoms with Crippen molar-refractivity contribution in [3.8, 4) is 17.3 Å². The maximum atomic E-state index is 9.96. The molecule has 0 saturated heterocycles. The van der Waals surface area contributed by atoms with Crippen LogP contribution >= 0.6 is 0 Å². The van der Waals surface area contributed by atoms with E-state index in [1.807, 2.05) is 30.8 Å². The van der Waals surface area contributed by atoms with Gasteiger partial charge >= 0.3 is 0 Å². The van der Waals surface area contributed by atoms with Crippen LogP contribution in [-0.2, 0) is 13.1 Å². The Bertz CT molecular complexity index is 931. The number of nitrogens with zero attached hydrogens (tertiary/aromatic N) is 4. The Kier molecular flexibility index (Phi) is 3.95. The van der Waals surface area contributed by atoms with Crippen molar-refractivity contribution < 1.29 is 9.84 Å². The molecular weight excluding hydrogens is 328 g/mol. The van der Waals surface area contributed by atoms with Gasteiger partial charge < -0.3 is 19.6 Å². The lowest BCUT2D eigenvalue weighted by Crippen LogP contribution is -2.29. The summed E-state index contributed by atoms with van der Waals surface area (Å²) in [5, 5.41) is 9.96. The Balaban J connectivity index is 1.71. The molecule has 2 aromatic carbocycles. The highest BCUT2D eigenvalue weighted by atomic mass is 16.5. The molecule has 2 heterocycles. The van der Waals surface area contributed by atoms with Gasteiger partial charge in [0.1, 0.15) is 5.75 Å². The maximum absolute atomic E-state index is 9.96. The molecule has 0 bridgehead atoms. The second kappa shape index (κ2) is 6.29. The third-order valence-electron chi connectivity index (χ3n) is 4.69. The van der Waals surface area contributed by atoms with Gasteiger partial charge in [-0.15, -0.1) is 0 Å². The van der Waals surface area contributed by atoms with Gasteiger partial charge in [-0.25, -0.2) is 0 Å². The molecule has 0 unspecified atom stereocenters. The number of fused-ring (bicyclic) bond motifs is 3. The fraction of sp³-hybridized carbons (Fsp3) is 0.250. The van der Waals surface area contributed by atoms with Crippen LogP contribution in [0.15, 0.2) is 48.7 Å². The Hall–Kier alpha value is -3.15. The number of hydrogen-bond acceptors (Lipinski definition) is 5. The van der Waals surface area contributed by atoms with Crippen LogP contribution in [0.3, 0.4) is 0 Å². The van der Waals surface area contributed by atoms with Crippen molar-refractivity contribution in [1.82, 2.24) is 9.55 Å². The van der Waals surface area contributed by atoms with Gasteiger partial charge in [-0.2, -0.15) is 4.98 Å². The molecule has 1 aliphatic heterocycles. The molecule has 1 N–H and O–H groups in total. The van der Waals surface area contributed by atoms with Gasteiger partial charge in [0, 0.05) is 32.9 Å². The van der Waals surface area contributed by atoms with Crippen molar-refractivity contribution >= 4 is 11.6 Å². The summed E-state index contributed by atoms with van der Waals surface area (Å²) in [6.07, 6.45) is 1.67. The fourth-order valence-corrected chi connectivity index (χ4v) is 3.32. The minimum absolute atomic E-state index is 0.0317. The van der Waals surface area contributed by atoms with Gasteiger partial charge in [-0.05, 0) is 41.5 Å². The summed E-state index contributed by atoms with van der Waals surface area (Å²) >= 11 is 0. The first-order chi connectivity index (χ1) is 12.5. The first kappa shape index (κ1) is 16.3. The summed E-state index contributed by atoms with van der Waals surface area (Å²) in [5.41, 5.74) is 4.58. The van der Waals surface area contributed by atoms with E-state index in [9.17, 15) is 5.11 Å². The minimum atomic E-state index is 0.0317. The second-order valence-electron chi connectivity index (χ2n) is 6.68. The van der Waals surface area contributed by atoms with Crippen molar-refractivity contribution in [2.75, 3.05) is 31.0 Å². The average Bonchev–Trinajstić information content (AvgIpc) is 3.04. The predicted molar refractivity (Wildman–Crippen MR) is 102 cm³/mol. The lowest BCUT2D eigenvalue weighted by Gasteiger charge is -2.31. The molecule has 3 aromatic rings. The Morgan fingerprint density at radius 1 is 1.15 bits per heavy atom. The molecule has 0 atom stereocenters. The molecule has 0 saturated carbocycles. The van der Waals surface area contributed by atoms with Crippen molar-refractivity contribution in [1.29, 1.82) is 0 Å². The smallest absolute Gasteiger partial charge is 0.231 e. The van der Waals surface area contributed by atoms with Gasteiger partial charge in [0.05, 0.1) is 19.0 Å². The molecule has 26 heavy (non-hydrogen) atoms. The summed E-state index contributed by atoms with van der Waals surface area (Å²) in [5.74, 6) is 1.63. The summed E-state index contributed by atoms with van der Waals surface area (Å²) in [7, 11) is 5.74. The van der Waals surface area contributed by atoms with Gasteiger partial charge in [0.15, 0.2) is 0 Å². The highest BCUT2D eigenvalue weighted by Crippen LogP contribution is 2.34. The molecule has 0 radical (unpaired) electrons. The number of ether oxygens (including phenoxy) is 1. The van der Waals surface area contributed by atoms with Crippen LogP contribution < -0.4 is 14.5 Å². The molecule has 134 valence electrons. The highest BCUT2D eigenvalue weighted by Gasteiger charge is 2.25. The van der Waals surface area contributed by atoms with Crippen molar-refractivity contribution in [3.05, 3.63) is 59.8 Å². The van der Waals surface area contributed by atoms with Crippen LogP contribution in [0, 0.1) is 0 Å². The first-order valence-corrected chi connectivity index (χ1v) is 8.52. The molecule has 0 aliphatic carbocycles. The van der Waals surface area contributed by atoms with E-state index in [2.05, 4.69) is 45.1 Å². The number of imidazole rings is 1. The zero-order valence-electron chi connectivity index (χ0n) is 15.2. The second-order valence-corrected chi connectivity index (χ2v) is 6.68. The zero-order chi connectivity index (χ0) is 18.3. The zero-order valence-corrected chi connectivity index (χ0v) is 15.2. The number of rotatable bonds is 4. The van der Waals surface area contributed by atoms with Gasteiger partial charge in [0.25, 0.3) is 0 Å². The SMILES string of the molecule is COc1ccc(CN2Cc3cc(N(C)C)ccc3-n3cc(O)nc32)cc1. The Labute approximate surface area is 152 Å². The third kappa shape index (κ3) is 2.83. The van der Waals surface area contributed by atoms with Crippen molar-refractivity contribution in [3.63, 3.8) is 0 Å². The number of hydrogen-bond donors (Lipinski definition) is 1. The topological polar surface area (TPSA) is 53.8 Å². The summed E-state index contributed by atoms with van der Waals surface area (Å²) in [4.78, 5) is 8.59. The quantitative estimate of drug-likeness (QED) is 0.783. The van der Waals surface area contributed by atoms with Crippen LogP contribution in [0.4, 0.5) is 11.6 Å². The Morgan fingerprint density at radius 3 is 2.62 bits per heavy atom. The molecule has 6 nitrogen and oxygen atoms in total. The lowest BCUT2D eigenvalue weighted by atomic mass is 10.1. The molecule has 0 amide bonds. The van der Waals surface area contributed by atoms with E-state index in [1.165, 1.54) is 5.56 Å². The minimum Gasteiger partial charge on any atom is -0.497 e. The normalized spacial score (nSPS) is 12.5. The maximum Gasteiger partial charge on any atom is 0.231 e. The number of aromatic nitrogens is 2. The predicted octanol–water partition coefficient (Wildman–Crippen LogP) is 3.17. The fourth-order valence-electron chi connectivity index (χ4n) is 3.32. The van der Waals surface area contributed by atoms with Crippen LogP contribution in [0.25, 0.3) is 5.69 Å². The van der Waals surface area contributed by atoms with Crippen LogP contribution in [0.5, 0.6) is 11.6 Å². The van der Waals surface area contributed by atoms with E-state index in [1.54, 1.807) is 13.3 Å². The van der Waals surface area contributed by atoms with Crippen molar-refractivity contribution in [2.24, 2.45) is 0 Å². The number of methoxy groups -OCH3 is 1. The molecular formula is C20H22N4O2. The molecule has 6 heteroatoms. The summed E-state index contributed by atoms with van der Waals surface area (Å²) < 4.78 is 7.19. The van der Waals surface area contributed by atoms with Gasteiger partial charge in [-0.1, -0.05) is 12.1 Å². The number of anilines is 2. The van der Waals surface area contributed by atoms with E-state index in [0.29, 0.717) is 6.54 Å². The standard InChI is InChI=1S/C20H22N4O2/c1-22(2)16-6-9-18-15(10-16)12-23(20-21-19(25)13-24(18)20)11-14-4-7-17(26-3)8-5-14/h4-10,13,25H,11-12H2,1-3H3. The van der Waals surface area contributed by atoms with E-state index in [4.69, 9.17) is 4.74 Å². The van der Waals surface area contributed by atoms with Crippen LogP contribution in [-0.4, -0.2) is 35.9 Å². The van der Waals surface area contributed by atoms with E-state index in [0.717, 1.165) is 35.2 Å². The van der Waals surface area contributed by atoms with E-state index in [-0.39, 0.29) is 5.88 Å². The van der Waals surface area contributed by atoms with Gasteiger partial charge in [-0.3, -0.25) is 4.57 Å². The van der Waals surface area contributed by atoms with Crippen molar-refractivity contribution in [2.45, 2.75) is 13.1 Å². The lowest BCUT2D eigenvalue weighted by molar-refractivity contribution is 0.414. The highest BCUT2D eigenvalue weighted by molar-refractivity contribution is 5.61.